The van der Waals surface area contributed by atoms with Gasteiger partial charge in [-0.2, -0.15) is 0 Å². The van der Waals surface area contributed by atoms with E-state index in [4.69, 9.17) is 4.74 Å². The number of benzene rings is 1. The molecule has 1 aromatic carbocycles. The van der Waals surface area contributed by atoms with Gasteiger partial charge >= 0.3 is 0 Å². The molecule has 0 saturated carbocycles. The number of ether oxygens (including phenoxy) is 1. The summed E-state index contributed by atoms with van der Waals surface area (Å²) in [5.74, 6) is -0.831. The largest absolute Gasteiger partial charge is 0.505 e. The Morgan fingerprint density at radius 2 is 1.78 bits per heavy atom. The molecule has 0 spiro atoms. The molecule has 0 aliphatic carbocycles. The molecule has 0 radical (unpaired) electrons. The maximum absolute atomic E-state index is 13.4. The minimum atomic E-state index is -0.721. The van der Waals surface area contributed by atoms with Crippen LogP contribution in [0, 0.1) is 13.8 Å². The van der Waals surface area contributed by atoms with Crippen LogP contribution in [0.3, 0.4) is 0 Å². The lowest BCUT2D eigenvalue weighted by Gasteiger charge is -2.28. The first-order valence-corrected chi connectivity index (χ1v) is 13.0. The SMILES string of the molecule is CCCOc1ccc(C2C(=C(O)c3nc4c(C)cccn4c3C)C(=O)C(=O)N2CCN(CC)CC)cc1. The van der Waals surface area contributed by atoms with Crippen LogP contribution in [-0.2, 0) is 9.59 Å². The molecule has 196 valence electrons. The number of aryl methyl sites for hydroxylation is 2. The van der Waals surface area contributed by atoms with E-state index in [0.717, 1.165) is 36.4 Å². The highest BCUT2D eigenvalue weighted by Gasteiger charge is 2.46. The molecule has 1 N–H and O–H groups in total. The molecule has 8 heteroatoms. The van der Waals surface area contributed by atoms with Crippen LogP contribution in [-0.4, -0.2) is 68.8 Å². The van der Waals surface area contributed by atoms with Gasteiger partial charge in [-0.25, -0.2) is 4.98 Å². The number of rotatable bonds is 10. The topological polar surface area (TPSA) is 87.4 Å². The first-order chi connectivity index (χ1) is 17.8. The van der Waals surface area contributed by atoms with E-state index in [1.54, 1.807) is 4.90 Å². The maximum Gasteiger partial charge on any atom is 0.295 e. The smallest absolute Gasteiger partial charge is 0.295 e. The second-order valence-electron chi connectivity index (χ2n) is 9.37. The van der Waals surface area contributed by atoms with Crippen molar-refractivity contribution < 1.29 is 19.4 Å². The summed E-state index contributed by atoms with van der Waals surface area (Å²) < 4.78 is 7.61. The summed E-state index contributed by atoms with van der Waals surface area (Å²) in [5.41, 5.74) is 3.46. The second kappa shape index (κ2) is 11.2. The summed E-state index contributed by atoms with van der Waals surface area (Å²) in [6.45, 7) is 13.2. The first kappa shape index (κ1) is 26.4. The lowest BCUT2D eigenvalue weighted by molar-refractivity contribution is -0.140. The fourth-order valence-corrected chi connectivity index (χ4v) is 4.89. The second-order valence-corrected chi connectivity index (χ2v) is 9.37. The van der Waals surface area contributed by atoms with E-state index < -0.39 is 17.7 Å². The molecule has 37 heavy (non-hydrogen) atoms. The van der Waals surface area contributed by atoms with Crippen molar-refractivity contribution in [3.63, 3.8) is 0 Å². The Hall–Kier alpha value is -3.65. The Morgan fingerprint density at radius 3 is 2.41 bits per heavy atom. The van der Waals surface area contributed by atoms with Gasteiger partial charge in [-0.3, -0.25) is 9.59 Å². The number of likely N-dealkylation sites (tertiary alicyclic amines) is 1. The number of aliphatic hydroxyl groups is 1. The zero-order valence-electron chi connectivity index (χ0n) is 22.3. The quantitative estimate of drug-likeness (QED) is 0.248. The Bertz CT molecular complexity index is 1320. The monoisotopic (exact) mass is 504 g/mol. The van der Waals surface area contributed by atoms with Crippen LogP contribution in [0.25, 0.3) is 11.4 Å². The predicted octanol–water partition coefficient (Wildman–Crippen LogP) is 4.50. The molecule has 0 bridgehead atoms. The zero-order valence-corrected chi connectivity index (χ0v) is 22.3. The number of nitrogens with zero attached hydrogens (tertiary/aromatic N) is 4. The summed E-state index contributed by atoms with van der Waals surface area (Å²) in [7, 11) is 0. The minimum Gasteiger partial charge on any atom is -0.505 e. The van der Waals surface area contributed by atoms with Crippen molar-refractivity contribution in [3.8, 4) is 5.75 Å². The molecule has 1 amide bonds. The summed E-state index contributed by atoms with van der Waals surface area (Å²) in [6.07, 6.45) is 2.77. The average Bonchev–Trinajstić information content (AvgIpc) is 3.38. The number of fused-ring (bicyclic) bond motifs is 1. The van der Waals surface area contributed by atoms with Crippen LogP contribution >= 0.6 is 0 Å². The number of aliphatic hydroxyl groups excluding tert-OH is 1. The molecule has 1 atom stereocenters. The van der Waals surface area contributed by atoms with Gasteiger partial charge in [0.1, 0.15) is 17.1 Å². The first-order valence-electron chi connectivity index (χ1n) is 13.0. The van der Waals surface area contributed by atoms with Crippen LogP contribution in [0.1, 0.15) is 55.7 Å². The molecule has 1 saturated heterocycles. The van der Waals surface area contributed by atoms with Crippen LogP contribution in [0.4, 0.5) is 0 Å². The molecule has 3 heterocycles. The number of imidazole rings is 1. The van der Waals surface area contributed by atoms with Crippen molar-refractivity contribution in [2.45, 2.75) is 47.1 Å². The van der Waals surface area contributed by atoms with Crippen molar-refractivity contribution in [3.05, 3.63) is 70.7 Å². The number of amides is 1. The van der Waals surface area contributed by atoms with Crippen molar-refractivity contribution >= 4 is 23.1 Å². The van der Waals surface area contributed by atoms with E-state index >= 15 is 0 Å². The number of hydrogen-bond donors (Lipinski definition) is 1. The van der Waals surface area contributed by atoms with Crippen molar-refractivity contribution in [1.29, 1.82) is 0 Å². The zero-order chi connectivity index (χ0) is 26.7. The third kappa shape index (κ3) is 4.98. The van der Waals surface area contributed by atoms with Crippen LogP contribution in [0.2, 0.25) is 0 Å². The van der Waals surface area contributed by atoms with Gasteiger partial charge in [-0.15, -0.1) is 0 Å². The number of likely N-dealkylation sites (N-methyl/N-ethyl adjacent to an activating group) is 1. The molecular weight excluding hydrogens is 468 g/mol. The van der Waals surface area contributed by atoms with E-state index in [0.29, 0.717) is 36.7 Å². The highest BCUT2D eigenvalue weighted by atomic mass is 16.5. The molecule has 3 aromatic rings. The number of hydrogen-bond acceptors (Lipinski definition) is 6. The fourth-order valence-electron chi connectivity index (χ4n) is 4.89. The molecule has 1 unspecified atom stereocenters. The van der Waals surface area contributed by atoms with E-state index in [-0.39, 0.29) is 11.3 Å². The molecular formula is C29H36N4O4. The van der Waals surface area contributed by atoms with Gasteiger partial charge in [0.25, 0.3) is 11.7 Å². The standard InChI is InChI=1S/C29H36N4O4/c1-6-18-37-22-13-11-21(12-14-22)25-23(27(35)29(36)33(25)17-16-31(7-2)8-3)26(34)24-20(5)32-15-9-10-19(4)28(32)30-24/h9-15,25,34H,6-8,16-18H2,1-5H3. The Morgan fingerprint density at radius 1 is 1.08 bits per heavy atom. The molecule has 1 fully saturated rings. The van der Waals surface area contributed by atoms with Crippen LogP contribution < -0.4 is 4.74 Å². The minimum absolute atomic E-state index is 0.0657. The average molecular weight is 505 g/mol. The fraction of sp³-hybridized carbons (Fsp3) is 0.414. The third-order valence-electron chi connectivity index (χ3n) is 7.07. The number of Topliss-reactive ketones (excluding diaryl/α,β-unsaturated/α-hetero) is 1. The highest BCUT2D eigenvalue weighted by Crippen LogP contribution is 2.40. The van der Waals surface area contributed by atoms with E-state index in [1.165, 1.54) is 0 Å². The molecule has 8 nitrogen and oxygen atoms in total. The lowest BCUT2D eigenvalue weighted by Crippen LogP contribution is -2.38. The Labute approximate surface area is 218 Å². The van der Waals surface area contributed by atoms with Gasteiger partial charge < -0.3 is 24.0 Å². The summed E-state index contributed by atoms with van der Waals surface area (Å²) in [6, 6.07) is 10.5. The number of pyridine rings is 1. The molecule has 4 rings (SSSR count). The third-order valence-corrected chi connectivity index (χ3v) is 7.07. The van der Waals surface area contributed by atoms with Gasteiger partial charge in [0, 0.05) is 19.3 Å². The van der Waals surface area contributed by atoms with Crippen LogP contribution in [0.5, 0.6) is 5.75 Å². The van der Waals surface area contributed by atoms with Crippen LogP contribution in [0.15, 0.2) is 48.2 Å². The Kier molecular flexibility index (Phi) is 7.97. The van der Waals surface area contributed by atoms with E-state index in [9.17, 15) is 14.7 Å². The normalized spacial score (nSPS) is 17.4. The van der Waals surface area contributed by atoms with Gasteiger partial charge in [-0.1, -0.05) is 39.0 Å². The highest BCUT2D eigenvalue weighted by molar-refractivity contribution is 6.46. The van der Waals surface area contributed by atoms with Gasteiger partial charge in [0.2, 0.25) is 0 Å². The number of carbonyl (C=O) groups excluding carboxylic acids is 2. The number of ketones is 1. The maximum atomic E-state index is 13.4. The van der Waals surface area contributed by atoms with E-state index in [2.05, 4.69) is 23.7 Å². The molecule has 1 aliphatic rings. The molecule has 2 aromatic heterocycles. The van der Waals surface area contributed by atoms with Gasteiger partial charge in [0.05, 0.1) is 23.9 Å². The van der Waals surface area contributed by atoms with Crippen molar-refractivity contribution in [2.75, 3.05) is 32.8 Å². The summed E-state index contributed by atoms with van der Waals surface area (Å²) in [5, 5.41) is 11.5. The lowest BCUT2D eigenvalue weighted by atomic mass is 9.96. The number of aromatic nitrogens is 2. The van der Waals surface area contributed by atoms with Gasteiger partial charge in [0.15, 0.2) is 5.76 Å². The molecule has 1 aliphatic heterocycles. The van der Waals surface area contributed by atoms with Crippen molar-refractivity contribution in [1.82, 2.24) is 19.2 Å². The summed E-state index contributed by atoms with van der Waals surface area (Å²) >= 11 is 0. The van der Waals surface area contributed by atoms with Crippen molar-refractivity contribution in [2.24, 2.45) is 0 Å². The van der Waals surface area contributed by atoms with Gasteiger partial charge in [-0.05, 0) is 62.7 Å². The summed E-state index contributed by atoms with van der Waals surface area (Å²) in [4.78, 5) is 35.2. The predicted molar refractivity (Wildman–Crippen MR) is 144 cm³/mol. The van der Waals surface area contributed by atoms with E-state index in [1.807, 2.05) is 67.8 Å². The number of carbonyl (C=O) groups is 2. The Balaban J connectivity index is 1.83.